The quantitative estimate of drug-likeness (QED) is 0.777. The SMILES string of the molecule is CCNc1nc(Cl)nc(N(CCO)CC(F)F)n1. The Morgan fingerprint density at radius 3 is 2.67 bits per heavy atom. The molecule has 0 aliphatic carbocycles. The lowest BCUT2D eigenvalue weighted by Crippen LogP contribution is -2.33. The summed E-state index contributed by atoms with van der Waals surface area (Å²) in [7, 11) is 0. The van der Waals surface area contributed by atoms with Gasteiger partial charge in [-0.25, -0.2) is 8.78 Å². The molecule has 0 amide bonds. The molecule has 1 heterocycles. The van der Waals surface area contributed by atoms with Crippen LogP contribution in [-0.4, -0.2) is 52.7 Å². The lowest BCUT2D eigenvalue weighted by Gasteiger charge is -2.21. The van der Waals surface area contributed by atoms with Crippen molar-refractivity contribution in [2.24, 2.45) is 0 Å². The number of hydrogen-bond donors (Lipinski definition) is 2. The van der Waals surface area contributed by atoms with Crippen LogP contribution in [0.2, 0.25) is 5.28 Å². The van der Waals surface area contributed by atoms with Gasteiger partial charge in [-0.1, -0.05) is 0 Å². The molecule has 0 aliphatic rings. The highest BCUT2D eigenvalue weighted by Crippen LogP contribution is 2.14. The molecule has 1 aromatic heterocycles. The number of nitrogens with zero attached hydrogens (tertiary/aromatic N) is 4. The van der Waals surface area contributed by atoms with Gasteiger partial charge in [-0.2, -0.15) is 15.0 Å². The summed E-state index contributed by atoms with van der Waals surface area (Å²) in [6.07, 6.45) is -2.56. The first kappa shape index (κ1) is 14.8. The van der Waals surface area contributed by atoms with Gasteiger partial charge in [0.05, 0.1) is 13.2 Å². The molecule has 18 heavy (non-hydrogen) atoms. The molecular formula is C9H14ClF2N5O. The van der Waals surface area contributed by atoms with Crippen LogP contribution in [0.3, 0.4) is 0 Å². The van der Waals surface area contributed by atoms with Crippen LogP contribution in [0.1, 0.15) is 6.92 Å². The first-order chi connectivity index (χ1) is 8.56. The Hall–Kier alpha value is -1.28. The highest BCUT2D eigenvalue weighted by atomic mass is 35.5. The lowest BCUT2D eigenvalue weighted by molar-refractivity contribution is 0.152. The van der Waals surface area contributed by atoms with E-state index in [2.05, 4.69) is 20.3 Å². The average molecular weight is 282 g/mol. The molecule has 0 radical (unpaired) electrons. The van der Waals surface area contributed by atoms with Gasteiger partial charge < -0.3 is 15.3 Å². The van der Waals surface area contributed by atoms with Crippen LogP contribution in [0.25, 0.3) is 0 Å². The monoisotopic (exact) mass is 281 g/mol. The Morgan fingerprint density at radius 1 is 1.39 bits per heavy atom. The summed E-state index contributed by atoms with van der Waals surface area (Å²) in [4.78, 5) is 12.7. The van der Waals surface area contributed by atoms with Crippen molar-refractivity contribution < 1.29 is 13.9 Å². The summed E-state index contributed by atoms with van der Waals surface area (Å²) in [5, 5.41) is 11.6. The van der Waals surface area contributed by atoms with Crippen molar-refractivity contribution in [3.63, 3.8) is 0 Å². The summed E-state index contributed by atoms with van der Waals surface area (Å²) in [6.45, 7) is 1.53. The van der Waals surface area contributed by atoms with Gasteiger partial charge in [-0.3, -0.25) is 0 Å². The van der Waals surface area contributed by atoms with Crippen molar-refractivity contribution in [2.75, 3.05) is 36.5 Å². The normalized spacial score (nSPS) is 10.8. The summed E-state index contributed by atoms with van der Waals surface area (Å²) in [5.41, 5.74) is 0. The van der Waals surface area contributed by atoms with E-state index in [0.29, 0.717) is 6.54 Å². The summed E-state index contributed by atoms with van der Waals surface area (Å²) >= 11 is 5.69. The average Bonchev–Trinajstić information content (AvgIpc) is 2.27. The maximum absolute atomic E-state index is 12.4. The number of hydrogen-bond acceptors (Lipinski definition) is 6. The van der Waals surface area contributed by atoms with E-state index in [4.69, 9.17) is 16.7 Å². The third kappa shape index (κ3) is 4.53. The van der Waals surface area contributed by atoms with E-state index >= 15 is 0 Å². The molecule has 102 valence electrons. The molecule has 0 unspecified atom stereocenters. The Kier molecular flexibility index (Phi) is 5.93. The third-order valence-electron chi connectivity index (χ3n) is 1.94. The van der Waals surface area contributed by atoms with E-state index < -0.39 is 13.0 Å². The largest absolute Gasteiger partial charge is 0.395 e. The molecule has 1 aromatic rings. The summed E-state index contributed by atoms with van der Waals surface area (Å²) < 4.78 is 24.8. The second-order valence-electron chi connectivity index (χ2n) is 3.32. The minimum Gasteiger partial charge on any atom is -0.395 e. The lowest BCUT2D eigenvalue weighted by atomic mass is 10.5. The third-order valence-corrected chi connectivity index (χ3v) is 2.11. The number of aliphatic hydroxyl groups is 1. The van der Waals surface area contributed by atoms with Crippen LogP contribution in [0.5, 0.6) is 0 Å². The second-order valence-corrected chi connectivity index (χ2v) is 3.66. The van der Waals surface area contributed by atoms with Gasteiger partial charge in [0.15, 0.2) is 0 Å². The van der Waals surface area contributed by atoms with Crippen LogP contribution in [-0.2, 0) is 0 Å². The smallest absolute Gasteiger partial charge is 0.255 e. The van der Waals surface area contributed by atoms with Crippen molar-refractivity contribution in [3.05, 3.63) is 5.28 Å². The molecule has 0 aromatic carbocycles. The predicted octanol–water partition coefficient (Wildman–Crippen LogP) is 1.02. The van der Waals surface area contributed by atoms with Gasteiger partial charge in [0.2, 0.25) is 17.2 Å². The highest BCUT2D eigenvalue weighted by molar-refractivity contribution is 6.28. The van der Waals surface area contributed by atoms with E-state index in [0.717, 1.165) is 4.90 Å². The van der Waals surface area contributed by atoms with E-state index in [1.165, 1.54) is 0 Å². The minimum absolute atomic E-state index is 0.00372. The number of aliphatic hydroxyl groups excluding tert-OH is 1. The topological polar surface area (TPSA) is 74.2 Å². The van der Waals surface area contributed by atoms with Crippen molar-refractivity contribution >= 4 is 23.5 Å². The van der Waals surface area contributed by atoms with Gasteiger partial charge in [0, 0.05) is 13.1 Å². The van der Waals surface area contributed by atoms with E-state index in [-0.39, 0.29) is 30.3 Å². The van der Waals surface area contributed by atoms with Gasteiger partial charge in [-0.15, -0.1) is 0 Å². The Labute approximate surface area is 108 Å². The van der Waals surface area contributed by atoms with Gasteiger partial charge in [-0.05, 0) is 18.5 Å². The highest BCUT2D eigenvalue weighted by Gasteiger charge is 2.16. The summed E-state index contributed by atoms with van der Waals surface area (Å²) in [6, 6.07) is 0. The molecular weight excluding hydrogens is 268 g/mol. The maximum Gasteiger partial charge on any atom is 0.255 e. The number of rotatable bonds is 7. The van der Waals surface area contributed by atoms with Gasteiger partial charge in [0.1, 0.15) is 0 Å². The molecule has 0 spiro atoms. The molecule has 0 saturated carbocycles. The zero-order chi connectivity index (χ0) is 13.5. The molecule has 6 nitrogen and oxygen atoms in total. The maximum atomic E-state index is 12.4. The molecule has 9 heteroatoms. The molecule has 0 atom stereocenters. The summed E-state index contributed by atoms with van der Waals surface area (Å²) in [5.74, 6) is 0.227. The van der Waals surface area contributed by atoms with Gasteiger partial charge in [0.25, 0.3) is 6.43 Å². The number of nitrogens with one attached hydrogen (secondary N) is 1. The molecule has 0 fully saturated rings. The molecule has 1 rings (SSSR count). The zero-order valence-electron chi connectivity index (χ0n) is 9.78. The standard InChI is InChI=1S/C9H14ClF2N5O/c1-2-13-8-14-7(10)15-9(16-8)17(3-4-18)5-6(11)12/h6,18H,2-5H2,1H3,(H,13,14,15,16). The molecule has 0 aliphatic heterocycles. The number of anilines is 2. The molecule has 2 N–H and O–H groups in total. The first-order valence-corrected chi connectivity index (χ1v) is 5.74. The Bertz CT molecular complexity index is 382. The number of halogens is 3. The fourth-order valence-electron chi connectivity index (χ4n) is 1.28. The predicted molar refractivity (Wildman–Crippen MR) is 64.3 cm³/mol. The Balaban J connectivity index is 2.95. The fourth-order valence-corrected chi connectivity index (χ4v) is 1.43. The van der Waals surface area contributed by atoms with E-state index in [9.17, 15) is 8.78 Å². The van der Waals surface area contributed by atoms with Crippen LogP contribution in [0.4, 0.5) is 20.7 Å². The second kappa shape index (κ2) is 7.22. The van der Waals surface area contributed by atoms with E-state index in [1.54, 1.807) is 0 Å². The molecule has 0 saturated heterocycles. The van der Waals surface area contributed by atoms with Crippen LogP contribution in [0.15, 0.2) is 0 Å². The van der Waals surface area contributed by atoms with Crippen LogP contribution < -0.4 is 10.2 Å². The fraction of sp³-hybridized carbons (Fsp3) is 0.667. The number of aromatic nitrogens is 3. The first-order valence-electron chi connectivity index (χ1n) is 5.36. The Morgan fingerprint density at radius 2 is 2.11 bits per heavy atom. The van der Waals surface area contributed by atoms with Crippen molar-refractivity contribution in [2.45, 2.75) is 13.3 Å². The molecule has 0 bridgehead atoms. The van der Waals surface area contributed by atoms with E-state index in [1.807, 2.05) is 6.92 Å². The van der Waals surface area contributed by atoms with Crippen molar-refractivity contribution in [3.8, 4) is 0 Å². The number of alkyl halides is 2. The van der Waals surface area contributed by atoms with Gasteiger partial charge >= 0.3 is 0 Å². The van der Waals surface area contributed by atoms with Crippen LogP contribution >= 0.6 is 11.6 Å². The van der Waals surface area contributed by atoms with Crippen molar-refractivity contribution in [1.29, 1.82) is 0 Å². The van der Waals surface area contributed by atoms with Crippen molar-refractivity contribution in [1.82, 2.24) is 15.0 Å². The minimum atomic E-state index is -2.56. The van der Waals surface area contributed by atoms with Crippen LogP contribution in [0, 0.1) is 0 Å². The zero-order valence-corrected chi connectivity index (χ0v) is 10.5.